The quantitative estimate of drug-likeness (QED) is 0.0350. The Labute approximate surface area is 356 Å². The van der Waals surface area contributed by atoms with Gasteiger partial charge in [-0.25, -0.2) is 0 Å². The number of carboxylic acid groups (broad SMARTS) is 2. The van der Waals surface area contributed by atoms with Crippen molar-refractivity contribution in [3.05, 3.63) is 25.3 Å². The second-order valence-corrected chi connectivity index (χ2v) is 15.1. The minimum atomic E-state index is -0.903. The molecule has 0 saturated heterocycles. The molecule has 4 nitrogen and oxygen atoms in total. The smallest absolute Gasteiger partial charge is 0.550 e. The molecule has 0 atom stereocenters. The Kier molecular flexibility index (Phi) is 56.3. The van der Waals surface area contributed by atoms with Gasteiger partial charge in [0.2, 0.25) is 0 Å². The summed E-state index contributed by atoms with van der Waals surface area (Å²) in [6.45, 7) is 7.53. The van der Waals surface area contributed by atoms with Crippen LogP contribution in [0.5, 0.6) is 0 Å². The number of carboxylic acids is 2. The van der Waals surface area contributed by atoms with E-state index in [-0.39, 0.29) is 58.3 Å². The van der Waals surface area contributed by atoms with Gasteiger partial charge in [0.15, 0.2) is 0 Å². The van der Waals surface area contributed by atoms with E-state index in [4.69, 9.17) is 0 Å². The number of carbonyl (C=O) groups is 2. The first-order chi connectivity index (χ1) is 24.5. The van der Waals surface area contributed by atoms with Crippen LogP contribution in [0.25, 0.3) is 0 Å². The topological polar surface area (TPSA) is 80.3 Å². The van der Waals surface area contributed by atoms with Gasteiger partial charge in [-0.15, -0.1) is 13.2 Å². The molecular weight excluding hydrogens is 704 g/mol. The number of hydrogen-bond donors (Lipinski definition) is 0. The van der Waals surface area contributed by atoms with E-state index in [0.29, 0.717) is 0 Å². The average Bonchev–Trinajstić information content (AvgIpc) is 3.10. The number of carbonyl (C=O) groups excluding carboxylic acids is 2. The van der Waals surface area contributed by atoms with Crippen LogP contribution < -0.4 is 10.2 Å². The van der Waals surface area contributed by atoms with Gasteiger partial charge in [0.1, 0.15) is 0 Å². The van der Waals surface area contributed by atoms with E-state index >= 15 is 0 Å². The van der Waals surface area contributed by atoms with Crippen LogP contribution in [0.2, 0.25) is 0 Å². The van der Waals surface area contributed by atoms with Crippen molar-refractivity contribution in [2.24, 2.45) is 0 Å². The Balaban J connectivity index is -0.000000886. The van der Waals surface area contributed by atoms with Gasteiger partial charge in [-0.3, -0.25) is 0 Å². The summed E-state index contributed by atoms with van der Waals surface area (Å²) in [7, 11) is 0. The van der Waals surface area contributed by atoms with Gasteiger partial charge in [-0.05, 0) is 51.4 Å². The molecule has 0 aliphatic heterocycles. The maximum absolute atomic E-state index is 10.3. The van der Waals surface area contributed by atoms with E-state index in [0.717, 1.165) is 25.7 Å². The first-order valence-corrected chi connectivity index (χ1v) is 22.2. The summed E-state index contributed by atoms with van der Waals surface area (Å²) >= 11 is 0. The van der Waals surface area contributed by atoms with Gasteiger partial charge in [0.25, 0.3) is 0 Å². The monoisotopic (exact) mass is 791 g/mol. The Hall–Kier alpha value is -0.0995. The molecule has 0 unspecified atom stereocenters. The molecule has 5 heteroatoms. The van der Waals surface area contributed by atoms with E-state index in [1.54, 1.807) is 0 Å². The largest absolute Gasteiger partial charge is 2.00 e. The normalized spacial score (nSPS) is 10.7. The van der Waals surface area contributed by atoms with Gasteiger partial charge < -0.3 is 19.8 Å². The number of hydrogen-bond acceptors (Lipinski definition) is 4. The Morgan fingerprint density at radius 3 is 0.569 bits per heavy atom. The van der Waals surface area contributed by atoms with E-state index in [1.807, 2.05) is 12.2 Å². The van der Waals surface area contributed by atoms with Crippen LogP contribution in [0, 0.1) is 0 Å². The third-order valence-electron chi connectivity index (χ3n) is 10.1. The summed E-state index contributed by atoms with van der Waals surface area (Å²) in [4.78, 5) is 20.6. The fraction of sp³-hybridized carbons (Fsp3) is 0.870. The minimum absolute atomic E-state index is 0. The van der Waals surface area contributed by atoms with E-state index < -0.39 is 11.9 Å². The number of aliphatic carboxylic acids is 2. The average molecular weight is 791 g/mol. The van der Waals surface area contributed by atoms with Crippen molar-refractivity contribution in [1.82, 2.24) is 0 Å². The fourth-order valence-corrected chi connectivity index (χ4v) is 6.77. The molecule has 0 N–H and O–H groups in total. The van der Waals surface area contributed by atoms with Crippen molar-refractivity contribution in [3.8, 4) is 0 Å². The predicted molar refractivity (Wildman–Crippen MR) is 221 cm³/mol. The molecule has 0 rings (SSSR count). The second kappa shape index (κ2) is 52.0. The van der Waals surface area contributed by atoms with E-state index in [9.17, 15) is 19.8 Å². The Bertz CT molecular complexity index is 637. The summed E-state index contributed by atoms with van der Waals surface area (Å²) < 4.78 is 0. The molecule has 0 aromatic carbocycles. The molecule has 0 aliphatic rings. The summed E-state index contributed by atoms with van der Waals surface area (Å²) in [5.74, 6) is -1.81. The van der Waals surface area contributed by atoms with Gasteiger partial charge in [0.05, 0.1) is 0 Å². The molecule has 0 aromatic rings. The van der Waals surface area contributed by atoms with Gasteiger partial charge >= 0.3 is 45.5 Å². The van der Waals surface area contributed by atoms with Crippen LogP contribution in [-0.4, -0.2) is 57.4 Å². The summed E-state index contributed by atoms with van der Waals surface area (Å²) in [6, 6.07) is 0. The number of allylic oxidation sites excluding steroid dienone is 2. The molecule has 0 spiro atoms. The maximum atomic E-state index is 10.3. The first-order valence-electron chi connectivity index (χ1n) is 22.2. The van der Waals surface area contributed by atoms with Crippen molar-refractivity contribution in [3.63, 3.8) is 0 Å². The van der Waals surface area contributed by atoms with Crippen LogP contribution in [0.1, 0.15) is 257 Å². The molecule has 0 aromatic heterocycles. The molecule has 0 fully saturated rings. The van der Waals surface area contributed by atoms with Crippen molar-refractivity contribution in [2.45, 2.75) is 257 Å². The van der Waals surface area contributed by atoms with Crippen LogP contribution in [0.3, 0.4) is 0 Å². The Morgan fingerprint density at radius 2 is 0.431 bits per heavy atom. The zero-order chi connectivity index (χ0) is 36.9. The molecule has 0 radical (unpaired) electrons. The van der Waals surface area contributed by atoms with E-state index in [2.05, 4.69) is 13.2 Å². The van der Waals surface area contributed by atoms with Gasteiger partial charge in [-0.1, -0.05) is 218 Å². The molecular formula is C46H86O4Sr. The maximum Gasteiger partial charge on any atom is 2.00 e. The van der Waals surface area contributed by atoms with Gasteiger partial charge in [-0.2, -0.15) is 0 Å². The predicted octanol–water partition coefficient (Wildman–Crippen LogP) is 13.1. The molecule has 0 aliphatic carbocycles. The van der Waals surface area contributed by atoms with Crippen molar-refractivity contribution in [1.29, 1.82) is 0 Å². The summed E-state index contributed by atoms with van der Waals surface area (Å²) in [6.07, 6.45) is 54.5. The minimum Gasteiger partial charge on any atom is -0.550 e. The van der Waals surface area contributed by atoms with E-state index in [1.165, 1.54) is 218 Å². The molecule has 296 valence electrons. The molecule has 0 heterocycles. The number of unbranched alkanes of at least 4 members (excludes halogenated alkanes) is 36. The molecule has 0 bridgehead atoms. The molecule has 0 amide bonds. The summed E-state index contributed by atoms with van der Waals surface area (Å²) in [5, 5.41) is 20.6. The summed E-state index contributed by atoms with van der Waals surface area (Å²) in [5.41, 5.74) is 0. The third kappa shape index (κ3) is 59.4. The Morgan fingerprint density at radius 1 is 0.294 bits per heavy atom. The molecule has 51 heavy (non-hydrogen) atoms. The number of rotatable bonds is 42. The van der Waals surface area contributed by atoms with Crippen LogP contribution >= 0.6 is 0 Å². The van der Waals surface area contributed by atoms with Crippen LogP contribution in [0.15, 0.2) is 25.3 Å². The third-order valence-corrected chi connectivity index (χ3v) is 10.1. The zero-order valence-corrected chi connectivity index (χ0v) is 37.7. The fourth-order valence-electron chi connectivity index (χ4n) is 6.77. The standard InChI is InChI=1S/2C23H44O2.Sr/c2*1-2-3-4-5-6-7-8-9-10-11-12-13-14-15-16-17-18-19-20-21-22-23(24)25;/h2*2H,1,3-22H2,(H,24,25);/q;;+2/p-2. The zero-order valence-electron chi connectivity index (χ0n) is 34.2. The van der Waals surface area contributed by atoms with Crippen molar-refractivity contribution >= 4 is 57.4 Å². The second-order valence-electron chi connectivity index (χ2n) is 15.1. The van der Waals surface area contributed by atoms with Crippen LogP contribution in [-0.2, 0) is 9.59 Å². The van der Waals surface area contributed by atoms with Crippen LogP contribution in [0.4, 0.5) is 0 Å². The SMILES string of the molecule is C=CCCCCCCCCCCCCCCCCCCCCC(=O)[O-].C=CCCCCCCCCCCCCCCCCCCCCC(=O)[O-].[Sr+2]. The first kappa shape index (κ1) is 55.2. The van der Waals surface area contributed by atoms with Crippen molar-refractivity contribution in [2.75, 3.05) is 0 Å². The van der Waals surface area contributed by atoms with Crippen molar-refractivity contribution < 1.29 is 19.8 Å². The molecule has 0 saturated carbocycles. The van der Waals surface area contributed by atoms with Gasteiger partial charge in [0, 0.05) is 11.9 Å².